The van der Waals surface area contributed by atoms with Gasteiger partial charge in [-0.15, -0.1) is 0 Å². The third-order valence-corrected chi connectivity index (χ3v) is 4.38. The van der Waals surface area contributed by atoms with Crippen molar-refractivity contribution in [2.75, 3.05) is 11.1 Å². The fourth-order valence-electron chi connectivity index (χ4n) is 2.83. The number of rotatable bonds is 3. The molecule has 0 aliphatic rings. The Bertz CT molecular complexity index is 1160. The van der Waals surface area contributed by atoms with Crippen LogP contribution in [0.25, 0.3) is 27.9 Å². The average molecular weight is 363 g/mol. The Morgan fingerprint density at radius 3 is 2.81 bits per heavy atom. The van der Waals surface area contributed by atoms with E-state index in [2.05, 4.69) is 21.4 Å². The molecule has 0 saturated carbocycles. The largest absolute Gasteiger partial charge is 0.399 e. The summed E-state index contributed by atoms with van der Waals surface area (Å²) in [5.74, 6) is -0.294. The second-order valence-electron chi connectivity index (χ2n) is 5.89. The molecule has 0 saturated heterocycles. The molecule has 0 aliphatic heterocycles. The molecule has 0 fully saturated rings. The summed E-state index contributed by atoms with van der Waals surface area (Å²) in [4.78, 5) is 19.8. The van der Waals surface area contributed by atoms with Crippen molar-refractivity contribution in [1.82, 2.24) is 9.97 Å². The van der Waals surface area contributed by atoms with Crippen molar-refractivity contribution in [3.8, 4) is 0 Å². The lowest BCUT2D eigenvalue weighted by molar-refractivity contribution is -0.111. The first-order valence-corrected chi connectivity index (χ1v) is 8.38. The normalized spacial score (nSPS) is 11.4. The molecule has 4 aromatic rings. The minimum absolute atomic E-state index is 0.294. The van der Waals surface area contributed by atoms with Crippen LogP contribution in [0.15, 0.2) is 60.8 Å². The number of anilines is 2. The molecule has 4 N–H and O–H groups in total. The first kappa shape index (κ1) is 16.2. The number of hydrogen-bond donors (Lipinski definition) is 3. The zero-order valence-electron chi connectivity index (χ0n) is 13.7. The number of aromatic amines is 1. The predicted molar refractivity (Wildman–Crippen MR) is 107 cm³/mol. The number of H-pyrrole nitrogens is 1. The molecule has 5 nitrogen and oxygen atoms in total. The average Bonchev–Trinajstić information content (AvgIpc) is 3.00. The van der Waals surface area contributed by atoms with E-state index in [9.17, 15) is 4.79 Å². The fourth-order valence-corrected chi connectivity index (χ4v) is 3.06. The topological polar surface area (TPSA) is 83.8 Å². The Kier molecular flexibility index (Phi) is 4.07. The molecule has 0 bridgehead atoms. The summed E-state index contributed by atoms with van der Waals surface area (Å²) in [5, 5.41) is 5.31. The van der Waals surface area contributed by atoms with Crippen molar-refractivity contribution in [3.63, 3.8) is 0 Å². The first-order chi connectivity index (χ1) is 12.6. The van der Waals surface area contributed by atoms with Gasteiger partial charge in [-0.2, -0.15) is 0 Å². The maximum absolute atomic E-state index is 12.1. The molecular formula is C20H15ClN4O. The Balaban J connectivity index is 1.57. The van der Waals surface area contributed by atoms with Crippen LogP contribution in [0.1, 0.15) is 5.69 Å². The Morgan fingerprint density at radius 2 is 1.96 bits per heavy atom. The molecule has 2 aromatic carbocycles. The van der Waals surface area contributed by atoms with Crippen LogP contribution in [0.2, 0.25) is 5.02 Å². The van der Waals surface area contributed by atoms with Crippen LogP contribution in [0.5, 0.6) is 0 Å². The highest BCUT2D eigenvalue weighted by molar-refractivity contribution is 6.34. The van der Waals surface area contributed by atoms with Gasteiger partial charge in [-0.05, 0) is 36.4 Å². The number of nitrogens with two attached hydrogens (primary N) is 1. The number of hydrogen-bond acceptors (Lipinski definition) is 3. The van der Waals surface area contributed by atoms with Gasteiger partial charge in [-0.3, -0.25) is 9.78 Å². The molecule has 0 radical (unpaired) electrons. The number of halogens is 1. The van der Waals surface area contributed by atoms with Crippen LogP contribution >= 0.6 is 11.6 Å². The van der Waals surface area contributed by atoms with E-state index >= 15 is 0 Å². The first-order valence-electron chi connectivity index (χ1n) is 8.01. The molecule has 0 atom stereocenters. The summed E-state index contributed by atoms with van der Waals surface area (Å²) in [6.07, 6.45) is 4.86. The van der Waals surface area contributed by atoms with Gasteiger partial charge in [0, 0.05) is 28.1 Å². The quantitative estimate of drug-likeness (QED) is 0.367. The number of benzene rings is 2. The predicted octanol–water partition coefficient (Wildman–Crippen LogP) is 4.60. The van der Waals surface area contributed by atoms with Crippen LogP contribution in [0.4, 0.5) is 11.4 Å². The highest BCUT2D eigenvalue weighted by atomic mass is 35.5. The summed E-state index contributed by atoms with van der Waals surface area (Å²) in [7, 11) is 0. The molecule has 6 heteroatoms. The monoisotopic (exact) mass is 362 g/mol. The van der Waals surface area contributed by atoms with E-state index in [0.717, 1.165) is 21.8 Å². The molecule has 26 heavy (non-hydrogen) atoms. The molecule has 0 aliphatic carbocycles. The molecule has 0 unspecified atom stereocenters. The third-order valence-electron chi connectivity index (χ3n) is 4.07. The van der Waals surface area contributed by atoms with Gasteiger partial charge < -0.3 is 16.0 Å². The zero-order valence-corrected chi connectivity index (χ0v) is 14.4. The second kappa shape index (κ2) is 6.54. The van der Waals surface area contributed by atoms with E-state index in [-0.39, 0.29) is 5.91 Å². The Morgan fingerprint density at radius 1 is 1.12 bits per heavy atom. The number of aromatic nitrogens is 2. The van der Waals surface area contributed by atoms with Crippen molar-refractivity contribution < 1.29 is 4.79 Å². The number of nitrogens with zero attached hydrogens (tertiary/aromatic N) is 1. The summed E-state index contributed by atoms with van der Waals surface area (Å²) in [6.45, 7) is 0. The maximum atomic E-state index is 12.1. The van der Waals surface area contributed by atoms with Gasteiger partial charge in [0.2, 0.25) is 5.91 Å². The van der Waals surface area contributed by atoms with E-state index in [0.29, 0.717) is 22.1 Å². The summed E-state index contributed by atoms with van der Waals surface area (Å²) in [5.41, 5.74) is 9.41. The van der Waals surface area contributed by atoms with Gasteiger partial charge >= 0.3 is 0 Å². The van der Waals surface area contributed by atoms with Gasteiger partial charge in [0.15, 0.2) is 0 Å². The SMILES string of the molecule is Nc1ccc(NC(=O)/C=C/c2cc3c(cn2)[nH]c2ccccc23)c(Cl)c1. The van der Waals surface area contributed by atoms with Gasteiger partial charge in [-0.1, -0.05) is 29.8 Å². The minimum Gasteiger partial charge on any atom is -0.399 e. The molecule has 2 aromatic heterocycles. The van der Waals surface area contributed by atoms with E-state index in [4.69, 9.17) is 17.3 Å². The highest BCUT2D eigenvalue weighted by Gasteiger charge is 2.06. The highest BCUT2D eigenvalue weighted by Crippen LogP contribution is 2.26. The lowest BCUT2D eigenvalue weighted by Gasteiger charge is -2.05. The van der Waals surface area contributed by atoms with Crippen LogP contribution in [-0.2, 0) is 4.79 Å². The molecule has 0 spiro atoms. The second-order valence-corrected chi connectivity index (χ2v) is 6.29. The van der Waals surface area contributed by atoms with Crippen LogP contribution in [0, 0.1) is 0 Å². The maximum Gasteiger partial charge on any atom is 0.248 e. The zero-order chi connectivity index (χ0) is 18.1. The lowest BCUT2D eigenvalue weighted by atomic mass is 10.1. The number of amides is 1. The van der Waals surface area contributed by atoms with Crippen LogP contribution in [-0.4, -0.2) is 15.9 Å². The smallest absolute Gasteiger partial charge is 0.248 e. The minimum atomic E-state index is -0.294. The summed E-state index contributed by atoms with van der Waals surface area (Å²) >= 11 is 6.06. The number of nitrogens with one attached hydrogen (secondary N) is 2. The number of pyridine rings is 1. The standard InChI is InChI=1S/C20H15ClN4O/c21-16-9-12(22)5-7-18(16)25-20(26)8-6-13-10-15-14-3-1-2-4-17(14)24-19(15)11-23-13/h1-11,24H,22H2,(H,25,26)/b8-6+. The van der Waals surface area contributed by atoms with E-state index in [1.807, 2.05) is 24.3 Å². The number of fused-ring (bicyclic) bond motifs is 3. The molecule has 128 valence electrons. The number of carbonyl (C=O) groups excluding carboxylic acids is 1. The van der Waals surface area contributed by atoms with E-state index in [1.54, 1.807) is 30.5 Å². The van der Waals surface area contributed by atoms with E-state index < -0.39 is 0 Å². The van der Waals surface area contributed by atoms with Crippen LogP contribution in [0.3, 0.4) is 0 Å². The number of para-hydroxylation sites is 1. The van der Waals surface area contributed by atoms with Crippen molar-refractivity contribution in [3.05, 3.63) is 71.5 Å². The summed E-state index contributed by atoms with van der Waals surface area (Å²) < 4.78 is 0. The van der Waals surface area contributed by atoms with Gasteiger partial charge in [0.05, 0.1) is 28.1 Å². The van der Waals surface area contributed by atoms with Crippen molar-refractivity contribution in [1.29, 1.82) is 0 Å². The van der Waals surface area contributed by atoms with Gasteiger partial charge in [-0.25, -0.2) is 0 Å². The number of carbonyl (C=O) groups is 1. The fraction of sp³-hybridized carbons (Fsp3) is 0. The van der Waals surface area contributed by atoms with Gasteiger partial charge in [0.25, 0.3) is 0 Å². The molecule has 1 amide bonds. The van der Waals surface area contributed by atoms with Crippen molar-refractivity contribution in [2.45, 2.75) is 0 Å². The van der Waals surface area contributed by atoms with E-state index in [1.165, 1.54) is 6.08 Å². The lowest BCUT2D eigenvalue weighted by Crippen LogP contribution is -2.08. The summed E-state index contributed by atoms with van der Waals surface area (Å²) in [6, 6.07) is 14.9. The van der Waals surface area contributed by atoms with Crippen molar-refractivity contribution >= 4 is 56.8 Å². The van der Waals surface area contributed by atoms with Gasteiger partial charge in [0.1, 0.15) is 0 Å². The van der Waals surface area contributed by atoms with Crippen LogP contribution < -0.4 is 11.1 Å². The third kappa shape index (κ3) is 3.12. The Labute approximate surface area is 154 Å². The Hall–Kier alpha value is -3.31. The number of nitrogen functional groups attached to an aromatic ring is 1. The molecule has 2 heterocycles. The molecule has 4 rings (SSSR count). The van der Waals surface area contributed by atoms with Crippen molar-refractivity contribution in [2.24, 2.45) is 0 Å². The molecular weight excluding hydrogens is 348 g/mol.